The molecule has 160 valence electrons. The summed E-state index contributed by atoms with van der Waals surface area (Å²) in [6, 6.07) is 8.47. The van der Waals surface area contributed by atoms with Gasteiger partial charge in [-0.25, -0.2) is 14.8 Å². The van der Waals surface area contributed by atoms with Crippen molar-refractivity contribution in [1.29, 1.82) is 0 Å². The van der Waals surface area contributed by atoms with Gasteiger partial charge in [0.25, 0.3) is 5.91 Å². The third-order valence-electron chi connectivity index (χ3n) is 3.99. The van der Waals surface area contributed by atoms with Gasteiger partial charge >= 0.3 is 6.03 Å². The lowest BCUT2D eigenvalue weighted by Crippen LogP contribution is -2.41. The molecule has 9 nitrogen and oxygen atoms in total. The number of carbonyl (C=O) groups is 3. The zero-order chi connectivity index (χ0) is 21.9. The zero-order valence-electron chi connectivity index (χ0n) is 17.0. The summed E-state index contributed by atoms with van der Waals surface area (Å²) >= 11 is 1.53. The van der Waals surface area contributed by atoms with Crippen molar-refractivity contribution in [2.45, 2.75) is 44.0 Å². The number of benzene rings is 1. The molecule has 10 heteroatoms. The molecular formula is C20H26N6O3S. The fraction of sp³-hybridized carbons (Fsp3) is 0.350. The second-order valence-electron chi connectivity index (χ2n) is 6.67. The third kappa shape index (κ3) is 8.48. The van der Waals surface area contributed by atoms with Crippen LogP contribution in [0.5, 0.6) is 0 Å². The van der Waals surface area contributed by atoms with Crippen LogP contribution in [0.2, 0.25) is 0 Å². The third-order valence-corrected chi connectivity index (χ3v) is 4.91. The van der Waals surface area contributed by atoms with E-state index >= 15 is 0 Å². The number of nitrogens with zero attached hydrogens (tertiary/aromatic N) is 2. The molecule has 2 rings (SSSR count). The highest BCUT2D eigenvalue weighted by Gasteiger charge is 2.08. The Hall–Kier alpha value is -3.14. The summed E-state index contributed by atoms with van der Waals surface area (Å²) in [4.78, 5) is 43.2. The lowest BCUT2D eigenvalue weighted by atomic mass is 10.1. The van der Waals surface area contributed by atoms with Crippen LogP contribution in [0.3, 0.4) is 0 Å². The number of carbonyl (C=O) groups excluding carboxylic acids is 3. The standard InChI is InChI=1S/C20H26N6O3S/c1-13-11-14(2)24-20(23-13)30-12-15-6-8-16(9-7-15)18(28)26-25-17(27)5-3-4-10-22-19(21)29/h6-9,11H,3-5,10,12H2,1-2H3,(H,25,27)(H,26,28)(H3,21,22,29). The molecule has 0 atom stereocenters. The Labute approximate surface area is 179 Å². The van der Waals surface area contributed by atoms with E-state index in [-0.39, 0.29) is 12.3 Å². The highest BCUT2D eigenvalue weighted by Crippen LogP contribution is 2.20. The average Bonchev–Trinajstić information content (AvgIpc) is 2.69. The molecule has 0 unspecified atom stereocenters. The van der Waals surface area contributed by atoms with E-state index < -0.39 is 11.9 Å². The lowest BCUT2D eigenvalue weighted by Gasteiger charge is -2.08. The largest absolute Gasteiger partial charge is 0.352 e. The SMILES string of the molecule is Cc1cc(C)nc(SCc2ccc(C(=O)NNC(=O)CCCCNC(N)=O)cc2)n1. The molecule has 1 aromatic heterocycles. The van der Waals surface area contributed by atoms with Crippen LogP contribution < -0.4 is 21.9 Å². The number of amides is 4. The number of unbranched alkanes of at least 4 members (excludes halogenated alkanes) is 1. The Morgan fingerprint density at radius 3 is 2.30 bits per heavy atom. The molecule has 1 heterocycles. The van der Waals surface area contributed by atoms with Crippen molar-refractivity contribution in [3.8, 4) is 0 Å². The van der Waals surface area contributed by atoms with E-state index in [1.54, 1.807) is 12.1 Å². The van der Waals surface area contributed by atoms with Gasteiger partial charge in [0.05, 0.1) is 0 Å². The highest BCUT2D eigenvalue weighted by atomic mass is 32.2. The van der Waals surface area contributed by atoms with Crippen molar-refractivity contribution in [3.05, 3.63) is 52.8 Å². The Morgan fingerprint density at radius 2 is 1.67 bits per heavy atom. The molecule has 0 bridgehead atoms. The molecule has 0 radical (unpaired) electrons. The lowest BCUT2D eigenvalue weighted by molar-refractivity contribution is -0.121. The molecule has 1 aromatic carbocycles. The van der Waals surface area contributed by atoms with E-state index in [2.05, 4.69) is 26.1 Å². The molecule has 0 saturated heterocycles. The van der Waals surface area contributed by atoms with Crippen LogP contribution in [0.15, 0.2) is 35.5 Å². The summed E-state index contributed by atoms with van der Waals surface area (Å²) in [7, 11) is 0. The van der Waals surface area contributed by atoms with Crippen molar-refractivity contribution in [3.63, 3.8) is 0 Å². The smallest absolute Gasteiger partial charge is 0.312 e. The average molecular weight is 431 g/mol. The highest BCUT2D eigenvalue weighted by molar-refractivity contribution is 7.98. The fourth-order valence-electron chi connectivity index (χ4n) is 2.54. The predicted molar refractivity (Wildman–Crippen MR) is 115 cm³/mol. The predicted octanol–water partition coefficient (Wildman–Crippen LogP) is 1.99. The number of nitrogens with two attached hydrogens (primary N) is 1. The quantitative estimate of drug-likeness (QED) is 0.208. The van der Waals surface area contributed by atoms with Crippen molar-refractivity contribution in [1.82, 2.24) is 26.1 Å². The van der Waals surface area contributed by atoms with Gasteiger partial charge in [-0.15, -0.1) is 0 Å². The molecular weight excluding hydrogens is 404 g/mol. The molecule has 5 N–H and O–H groups in total. The maximum atomic E-state index is 12.2. The summed E-state index contributed by atoms with van der Waals surface area (Å²) in [5.74, 6) is -0.00828. The Balaban J connectivity index is 1.72. The van der Waals surface area contributed by atoms with E-state index in [4.69, 9.17) is 5.73 Å². The topological polar surface area (TPSA) is 139 Å². The second kappa shape index (κ2) is 11.8. The van der Waals surface area contributed by atoms with Gasteiger partial charge in [-0.2, -0.15) is 0 Å². The Bertz CT molecular complexity index is 868. The number of hydrazine groups is 1. The minimum atomic E-state index is -0.588. The van der Waals surface area contributed by atoms with Gasteiger partial charge in [-0.05, 0) is 50.5 Å². The molecule has 0 aliphatic carbocycles. The van der Waals surface area contributed by atoms with E-state index in [9.17, 15) is 14.4 Å². The summed E-state index contributed by atoms with van der Waals surface area (Å²) in [5.41, 5.74) is 13.1. The minimum Gasteiger partial charge on any atom is -0.352 e. The van der Waals surface area contributed by atoms with E-state index in [0.29, 0.717) is 30.7 Å². The summed E-state index contributed by atoms with van der Waals surface area (Å²) < 4.78 is 0. The van der Waals surface area contributed by atoms with E-state index in [1.807, 2.05) is 32.0 Å². The molecule has 0 spiro atoms. The molecule has 30 heavy (non-hydrogen) atoms. The first kappa shape index (κ1) is 23.1. The number of hydrogen-bond donors (Lipinski definition) is 4. The first-order chi connectivity index (χ1) is 14.3. The molecule has 0 fully saturated rings. The van der Waals surface area contributed by atoms with Gasteiger partial charge in [0.1, 0.15) is 0 Å². The van der Waals surface area contributed by atoms with E-state index in [1.165, 1.54) is 11.8 Å². The normalized spacial score (nSPS) is 10.3. The van der Waals surface area contributed by atoms with Gasteiger partial charge in [-0.1, -0.05) is 23.9 Å². The number of aromatic nitrogens is 2. The Kier molecular flexibility index (Phi) is 9.07. The van der Waals surface area contributed by atoms with Crippen LogP contribution in [0.4, 0.5) is 4.79 Å². The van der Waals surface area contributed by atoms with Gasteiger partial charge in [-0.3, -0.25) is 20.4 Å². The van der Waals surface area contributed by atoms with Crippen LogP contribution in [0, 0.1) is 13.8 Å². The van der Waals surface area contributed by atoms with Crippen LogP contribution in [0.1, 0.15) is 46.6 Å². The zero-order valence-corrected chi connectivity index (χ0v) is 17.8. The number of nitrogens with one attached hydrogen (secondary N) is 3. The number of hydrogen-bond acceptors (Lipinski definition) is 6. The van der Waals surface area contributed by atoms with E-state index in [0.717, 1.165) is 22.1 Å². The number of primary amides is 1. The summed E-state index contributed by atoms with van der Waals surface area (Å²) in [6.45, 7) is 4.29. The van der Waals surface area contributed by atoms with Crippen molar-refractivity contribution >= 4 is 29.6 Å². The number of rotatable bonds is 9. The molecule has 4 amide bonds. The van der Waals surface area contributed by atoms with Gasteiger partial charge in [0.2, 0.25) is 5.91 Å². The van der Waals surface area contributed by atoms with Crippen molar-refractivity contribution in [2.75, 3.05) is 6.54 Å². The maximum Gasteiger partial charge on any atom is 0.312 e. The van der Waals surface area contributed by atoms with Crippen LogP contribution in [0.25, 0.3) is 0 Å². The van der Waals surface area contributed by atoms with Crippen LogP contribution >= 0.6 is 11.8 Å². The first-order valence-electron chi connectivity index (χ1n) is 9.50. The monoisotopic (exact) mass is 430 g/mol. The molecule has 2 aromatic rings. The van der Waals surface area contributed by atoms with Gasteiger partial charge < -0.3 is 11.1 Å². The van der Waals surface area contributed by atoms with Crippen molar-refractivity contribution in [2.24, 2.45) is 5.73 Å². The minimum absolute atomic E-state index is 0.234. The van der Waals surface area contributed by atoms with Crippen molar-refractivity contribution < 1.29 is 14.4 Å². The maximum absolute atomic E-state index is 12.2. The number of aryl methyl sites for hydroxylation is 2. The molecule has 0 saturated carbocycles. The van der Waals surface area contributed by atoms with Gasteiger partial charge in [0, 0.05) is 35.7 Å². The van der Waals surface area contributed by atoms with Gasteiger partial charge in [0.15, 0.2) is 5.16 Å². The summed E-state index contributed by atoms with van der Waals surface area (Å²) in [5, 5.41) is 3.17. The molecule has 0 aliphatic rings. The molecule has 0 aliphatic heterocycles. The summed E-state index contributed by atoms with van der Waals surface area (Å²) in [6.07, 6.45) is 1.42. The second-order valence-corrected chi connectivity index (χ2v) is 7.61. The van der Waals surface area contributed by atoms with Crippen LogP contribution in [-0.4, -0.2) is 34.4 Å². The fourth-order valence-corrected chi connectivity index (χ4v) is 3.45. The number of thioether (sulfide) groups is 1. The van der Waals surface area contributed by atoms with Crippen LogP contribution in [-0.2, 0) is 10.5 Å². The Morgan fingerprint density at radius 1 is 1.00 bits per heavy atom. The first-order valence-corrected chi connectivity index (χ1v) is 10.5. The number of urea groups is 1.